The zero-order valence-corrected chi connectivity index (χ0v) is 16.7. The summed E-state index contributed by atoms with van der Waals surface area (Å²) in [6, 6.07) is 2.73. The summed E-state index contributed by atoms with van der Waals surface area (Å²) < 4.78 is -5.56. The first-order valence-electron chi connectivity index (χ1n) is 5.25. The standard InChI is InChI=1S/C11H6Cl9O/c12-9(13,14)5-3-7(10(15,16)17)6(1-2-21)8(4-5)11(18,19)20/h3-4H,1-2H2. The van der Waals surface area contributed by atoms with Crippen LogP contribution in [0, 0.1) is 0 Å². The van der Waals surface area contributed by atoms with Crippen molar-refractivity contribution in [3.05, 3.63) is 34.4 Å². The lowest BCUT2D eigenvalue weighted by Gasteiger charge is -2.26. The zero-order valence-electron chi connectivity index (χ0n) is 9.88. The molecule has 0 saturated heterocycles. The van der Waals surface area contributed by atoms with Crippen LogP contribution in [0.3, 0.4) is 0 Å². The number of hydrogen-bond acceptors (Lipinski definition) is 0. The maximum atomic E-state index is 11.0. The van der Waals surface area contributed by atoms with Gasteiger partial charge in [-0.25, -0.2) is 5.11 Å². The van der Waals surface area contributed by atoms with Crippen LogP contribution in [0.2, 0.25) is 0 Å². The van der Waals surface area contributed by atoms with Gasteiger partial charge in [-0.05, 0) is 24.1 Å². The first-order valence-corrected chi connectivity index (χ1v) is 8.65. The fraction of sp³-hybridized carbons (Fsp3) is 0.455. The Morgan fingerprint density at radius 2 is 1.10 bits per heavy atom. The summed E-state index contributed by atoms with van der Waals surface area (Å²) >= 11 is 53.0. The molecule has 0 N–H and O–H groups in total. The molecule has 0 aromatic heterocycles. The lowest BCUT2D eigenvalue weighted by molar-refractivity contribution is 0.197. The Kier molecular flexibility index (Phi) is 7.29. The summed E-state index contributed by atoms with van der Waals surface area (Å²) in [4.78, 5) is 0. The Morgan fingerprint density at radius 1 is 0.714 bits per heavy atom. The van der Waals surface area contributed by atoms with Crippen molar-refractivity contribution in [2.75, 3.05) is 6.61 Å². The fourth-order valence-corrected chi connectivity index (χ4v) is 3.05. The predicted octanol–water partition coefficient (Wildman–Crippen LogP) is 7.14. The molecule has 1 nitrogen and oxygen atoms in total. The SMILES string of the molecule is [O]CCc1c(C(Cl)(Cl)Cl)cc(C(Cl)(Cl)Cl)cc1C(Cl)(Cl)Cl. The molecular formula is C11H6Cl9O. The Balaban J connectivity index is 3.75. The predicted molar refractivity (Wildman–Crippen MR) is 93.4 cm³/mol. The van der Waals surface area contributed by atoms with Gasteiger partial charge in [0.1, 0.15) is 0 Å². The molecule has 1 aromatic rings. The average molecular weight is 473 g/mol. The quantitative estimate of drug-likeness (QED) is 0.407. The highest BCUT2D eigenvalue weighted by Gasteiger charge is 2.36. The van der Waals surface area contributed by atoms with Gasteiger partial charge in [-0.3, -0.25) is 0 Å². The summed E-state index contributed by atoms with van der Waals surface area (Å²) in [7, 11) is 0. The second kappa shape index (κ2) is 7.35. The van der Waals surface area contributed by atoms with E-state index in [1.165, 1.54) is 12.1 Å². The van der Waals surface area contributed by atoms with Crippen molar-refractivity contribution in [3.63, 3.8) is 0 Å². The molecule has 0 aliphatic rings. The van der Waals surface area contributed by atoms with Crippen molar-refractivity contribution in [2.24, 2.45) is 0 Å². The minimum absolute atomic E-state index is 0.00732. The van der Waals surface area contributed by atoms with Crippen LogP contribution in [0.15, 0.2) is 12.1 Å². The first-order chi connectivity index (χ1) is 9.28. The third kappa shape index (κ3) is 5.67. The summed E-state index contributed by atoms with van der Waals surface area (Å²) in [5.74, 6) is 0. The van der Waals surface area contributed by atoms with Gasteiger partial charge in [0.05, 0.1) is 6.61 Å². The highest BCUT2D eigenvalue weighted by atomic mass is 35.6. The highest BCUT2D eigenvalue weighted by Crippen LogP contribution is 2.50. The van der Waals surface area contributed by atoms with E-state index in [1.807, 2.05) is 0 Å². The number of alkyl halides is 9. The molecule has 1 aromatic carbocycles. The summed E-state index contributed by atoms with van der Waals surface area (Å²) in [6.45, 7) is -0.491. The van der Waals surface area contributed by atoms with Gasteiger partial charge in [-0.15, -0.1) is 0 Å². The van der Waals surface area contributed by atoms with Crippen LogP contribution in [0.4, 0.5) is 0 Å². The van der Waals surface area contributed by atoms with E-state index in [2.05, 4.69) is 0 Å². The molecule has 1 radical (unpaired) electrons. The van der Waals surface area contributed by atoms with Crippen LogP contribution in [0.1, 0.15) is 22.3 Å². The normalized spacial score (nSPS) is 13.6. The van der Waals surface area contributed by atoms with E-state index in [0.29, 0.717) is 5.56 Å². The number of rotatable bonds is 2. The maximum absolute atomic E-state index is 11.0. The van der Waals surface area contributed by atoms with Crippen molar-refractivity contribution in [1.29, 1.82) is 0 Å². The van der Waals surface area contributed by atoms with Gasteiger partial charge in [0, 0.05) is 16.7 Å². The van der Waals surface area contributed by atoms with E-state index in [-0.39, 0.29) is 23.1 Å². The molecule has 0 saturated carbocycles. The van der Waals surface area contributed by atoms with Crippen LogP contribution < -0.4 is 0 Å². The third-order valence-corrected chi connectivity index (χ3v) is 4.42. The van der Waals surface area contributed by atoms with Crippen LogP contribution in [-0.2, 0) is 22.9 Å². The second-order valence-electron chi connectivity index (χ2n) is 4.00. The van der Waals surface area contributed by atoms with Crippen LogP contribution in [0.25, 0.3) is 0 Å². The lowest BCUT2D eigenvalue weighted by atomic mass is 9.97. The fourth-order valence-electron chi connectivity index (χ4n) is 1.71. The van der Waals surface area contributed by atoms with E-state index < -0.39 is 18.0 Å². The van der Waals surface area contributed by atoms with Gasteiger partial charge in [0.2, 0.25) is 11.4 Å². The topological polar surface area (TPSA) is 19.9 Å². The van der Waals surface area contributed by atoms with Crippen molar-refractivity contribution in [1.82, 2.24) is 0 Å². The van der Waals surface area contributed by atoms with Gasteiger partial charge in [-0.1, -0.05) is 104 Å². The summed E-state index contributed by atoms with van der Waals surface area (Å²) in [5, 5.41) is 11.0. The third-order valence-electron chi connectivity index (χ3n) is 2.54. The average Bonchev–Trinajstić information content (AvgIpc) is 2.24. The summed E-state index contributed by atoms with van der Waals surface area (Å²) in [5.41, 5.74) is 0.731. The number of halogens is 9. The van der Waals surface area contributed by atoms with Crippen molar-refractivity contribution < 1.29 is 5.11 Å². The van der Waals surface area contributed by atoms with E-state index in [4.69, 9.17) is 104 Å². The molecule has 0 amide bonds. The minimum Gasteiger partial charge on any atom is -0.236 e. The molecule has 10 heteroatoms. The summed E-state index contributed by atoms with van der Waals surface area (Å²) in [6.07, 6.45) is -0.00732. The smallest absolute Gasteiger partial charge is 0.216 e. The number of benzene rings is 1. The Morgan fingerprint density at radius 3 is 1.33 bits per heavy atom. The van der Waals surface area contributed by atoms with Gasteiger partial charge in [-0.2, -0.15) is 0 Å². The van der Waals surface area contributed by atoms with Crippen molar-refractivity contribution >= 4 is 104 Å². The van der Waals surface area contributed by atoms with E-state index in [1.54, 1.807) is 0 Å². The van der Waals surface area contributed by atoms with Gasteiger partial charge < -0.3 is 0 Å². The molecule has 119 valence electrons. The highest BCUT2D eigenvalue weighted by molar-refractivity contribution is 6.68. The Labute approximate surface area is 167 Å². The molecule has 0 aliphatic carbocycles. The second-order valence-corrected chi connectivity index (χ2v) is 10.8. The monoisotopic (exact) mass is 469 g/mol. The molecule has 0 aliphatic heterocycles. The molecule has 0 spiro atoms. The molecular weight excluding hydrogens is 467 g/mol. The van der Waals surface area contributed by atoms with Crippen molar-refractivity contribution in [2.45, 2.75) is 17.8 Å². The molecule has 21 heavy (non-hydrogen) atoms. The van der Waals surface area contributed by atoms with Crippen LogP contribution >= 0.6 is 104 Å². The molecule has 1 rings (SSSR count). The number of hydrogen-bond donors (Lipinski definition) is 0. The molecule has 0 unspecified atom stereocenters. The van der Waals surface area contributed by atoms with Gasteiger partial charge >= 0.3 is 0 Å². The Hall–Kier alpha value is 1.79. The van der Waals surface area contributed by atoms with Crippen LogP contribution in [0.5, 0.6) is 0 Å². The van der Waals surface area contributed by atoms with E-state index >= 15 is 0 Å². The largest absolute Gasteiger partial charge is 0.236 e. The first kappa shape index (κ1) is 20.8. The Bertz CT molecular complexity index is 475. The lowest BCUT2D eigenvalue weighted by Crippen LogP contribution is -2.17. The van der Waals surface area contributed by atoms with Gasteiger partial charge in [0.25, 0.3) is 0 Å². The van der Waals surface area contributed by atoms with Gasteiger partial charge in [0.15, 0.2) is 0 Å². The van der Waals surface area contributed by atoms with E-state index in [0.717, 1.165) is 0 Å². The van der Waals surface area contributed by atoms with E-state index in [9.17, 15) is 5.11 Å². The molecule has 0 heterocycles. The molecule has 0 fully saturated rings. The molecule has 0 bridgehead atoms. The van der Waals surface area contributed by atoms with Crippen LogP contribution in [-0.4, -0.2) is 6.61 Å². The minimum atomic E-state index is -1.87. The van der Waals surface area contributed by atoms with Crippen molar-refractivity contribution in [3.8, 4) is 0 Å². The molecule has 0 atom stereocenters. The zero-order chi connectivity index (χ0) is 16.6. The maximum Gasteiger partial charge on any atom is 0.216 e.